The monoisotopic (exact) mass is 468 g/mol. The van der Waals surface area contributed by atoms with Crippen LogP contribution in [-0.2, 0) is 25.3 Å². The zero-order valence-corrected chi connectivity index (χ0v) is 16.5. The third-order valence-corrected chi connectivity index (χ3v) is 3.06. The summed E-state index contributed by atoms with van der Waals surface area (Å²) in [6, 6.07) is 0. The van der Waals surface area contributed by atoms with Gasteiger partial charge in [0, 0.05) is 0 Å². The topological polar surface area (TPSA) is 0 Å². The first-order valence-electron chi connectivity index (χ1n) is 6.79. The number of hydrogen-bond donors (Lipinski definition) is 0. The van der Waals surface area contributed by atoms with Crippen LogP contribution in [0, 0.1) is 58.2 Å². The molecule has 0 fully saturated rings. The van der Waals surface area contributed by atoms with Crippen molar-refractivity contribution in [3.63, 3.8) is 0 Å². The van der Waals surface area contributed by atoms with Crippen molar-refractivity contribution in [1.29, 1.82) is 0 Å². The Balaban J connectivity index is 0.000000439. The van der Waals surface area contributed by atoms with Crippen molar-refractivity contribution >= 4 is 41.5 Å². The normalized spacial score (nSPS) is 10.2. The molecule has 2 aromatic rings. The van der Waals surface area contributed by atoms with Crippen LogP contribution >= 0.6 is 0 Å². The third-order valence-electron chi connectivity index (χ3n) is 2.34. The predicted octanol–water partition coefficient (Wildman–Crippen LogP) is 5.56. The number of hydrogen-bond acceptors (Lipinski definition) is 2. The van der Waals surface area contributed by atoms with E-state index in [1.807, 2.05) is 0 Å². The molecule has 0 bridgehead atoms. The molecular weight excluding hydrogens is 461 g/mol. The fraction of sp³-hybridized carbons (Fsp3) is 0.200. The van der Waals surface area contributed by atoms with E-state index in [1.165, 1.54) is 0 Å². The Hall–Kier alpha value is -1.29. The van der Waals surface area contributed by atoms with E-state index in [0.29, 0.717) is 0 Å². The van der Waals surface area contributed by atoms with Crippen molar-refractivity contribution < 1.29 is 43.9 Å². The Morgan fingerprint density at radius 1 is 0.464 bits per heavy atom. The zero-order valence-electron chi connectivity index (χ0n) is 13.8. The molecule has 0 radical (unpaired) electrons. The molecule has 0 saturated carbocycles. The quantitative estimate of drug-likeness (QED) is 0.163. The predicted molar refractivity (Wildman–Crippen MR) is 84.6 cm³/mol. The minimum absolute atomic E-state index is 0.750. The summed E-state index contributed by atoms with van der Waals surface area (Å²) in [5.41, 5.74) is 0. The maximum Gasteiger partial charge on any atom is 0.200 e. The second kappa shape index (κ2) is 11.0. The van der Waals surface area contributed by atoms with Gasteiger partial charge in [-0.1, -0.05) is 9.79 Å². The third kappa shape index (κ3) is 6.37. The van der Waals surface area contributed by atoms with Gasteiger partial charge in [-0.25, -0.2) is 43.9 Å². The summed E-state index contributed by atoms with van der Waals surface area (Å²) in [6.07, 6.45) is 0. The zero-order chi connectivity index (χ0) is 22.5. The van der Waals surface area contributed by atoms with E-state index in [4.69, 9.17) is 0 Å². The van der Waals surface area contributed by atoms with E-state index < -0.39 is 68.0 Å². The van der Waals surface area contributed by atoms with Gasteiger partial charge in [-0.15, -0.1) is 0 Å². The first-order valence-corrected chi connectivity index (χ1v) is 8.27. The molecule has 0 aliphatic rings. The van der Waals surface area contributed by atoms with E-state index in [2.05, 4.69) is 55.4 Å². The molecule has 0 nitrogen and oxygen atoms in total. The van der Waals surface area contributed by atoms with Crippen molar-refractivity contribution in [3.8, 4) is 0 Å². The average molecular weight is 468 g/mol. The summed E-state index contributed by atoms with van der Waals surface area (Å²) in [5, 5.41) is 0. The molecule has 0 aliphatic carbocycles. The molecule has 2 aromatic carbocycles. The van der Waals surface area contributed by atoms with Gasteiger partial charge in [-0.2, -0.15) is 0 Å². The van der Waals surface area contributed by atoms with Crippen LogP contribution in [0.1, 0.15) is 13.8 Å². The maximum atomic E-state index is 12.3. The van der Waals surface area contributed by atoms with Gasteiger partial charge in [-0.3, -0.25) is 0 Å². The van der Waals surface area contributed by atoms with E-state index in [-0.39, 0.29) is 0 Å². The van der Waals surface area contributed by atoms with Crippen LogP contribution in [0.25, 0.3) is 0 Å². The first kappa shape index (κ1) is 26.7. The molecule has 0 amide bonds. The molecule has 0 heterocycles. The largest absolute Gasteiger partial charge is 0.774 e. The number of halogens is 10. The molecule has 28 heavy (non-hydrogen) atoms. The van der Waals surface area contributed by atoms with Crippen LogP contribution in [0.4, 0.5) is 43.9 Å². The van der Waals surface area contributed by atoms with Crippen LogP contribution in [0.15, 0.2) is 9.79 Å². The fourth-order valence-electron chi connectivity index (χ4n) is 1.17. The van der Waals surface area contributed by atoms with Crippen LogP contribution in [-0.4, -0.2) is 16.3 Å². The van der Waals surface area contributed by atoms with Crippen molar-refractivity contribution in [3.05, 3.63) is 58.2 Å². The SMILES string of the molecule is C[CH](C)[Al+2].Fc1c(F)c(F)c([S-])c(F)c1F.Fc1c(F)c(F)c([S-])c(F)c1F. The van der Waals surface area contributed by atoms with Crippen LogP contribution in [0.3, 0.4) is 0 Å². The average Bonchev–Trinajstić information content (AvgIpc) is 2.64. The second-order valence-electron chi connectivity index (χ2n) is 5.04. The van der Waals surface area contributed by atoms with E-state index in [1.54, 1.807) is 0 Å². The van der Waals surface area contributed by atoms with Gasteiger partial charge in [0.15, 0.2) is 34.9 Å². The Labute approximate surface area is 172 Å². The maximum absolute atomic E-state index is 12.3. The standard InChI is InChI=1S/2C6HF5S.C3H7.Al/c2*7-1-2(8)4(10)6(12)5(11)3(1)9;1-3-2;/h2*12H;3H,1-2H3;/q;;;+2/p-2. The van der Waals surface area contributed by atoms with Crippen molar-refractivity contribution in [2.45, 2.75) is 28.4 Å². The summed E-state index contributed by atoms with van der Waals surface area (Å²) >= 11 is 10.5. The van der Waals surface area contributed by atoms with Crippen LogP contribution < -0.4 is 0 Å². The second-order valence-corrected chi connectivity index (χ2v) is 7.19. The smallest absolute Gasteiger partial charge is 0.200 e. The Bertz CT molecular complexity index is 577. The van der Waals surface area contributed by atoms with Crippen molar-refractivity contribution in [1.82, 2.24) is 0 Å². The molecule has 0 unspecified atom stereocenters. The summed E-state index contributed by atoms with van der Waals surface area (Å²) in [6.45, 7) is 4.26. The Morgan fingerprint density at radius 2 is 0.571 bits per heavy atom. The van der Waals surface area contributed by atoms with Gasteiger partial charge in [0.1, 0.15) is 23.3 Å². The molecule has 0 aromatic heterocycles. The van der Waals surface area contributed by atoms with Gasteiger partial charge in [0.05, 0.1) is 0 Å². The van der Waals surface area contributed by atoms with Gasteiger partial charge in [0.25, 0.3) is 0 Å². The number of benzene rings is 2. The molecule has 2 rings (SSSR count). The molecule has 0 saturated heterocycles. The summed E-state index contributed by atoms with van der Waals surface area (Å²) in [7, 11) is 0. The van der Waals surface area contributed by atoms with Gasteiger partial charge in [-0.05, 0) is 0 Å². The molecule has 13 heteroatoms. The summed E-state index contributed by atoms with van der Waals surface area (Å²) in [4.78, 5) is -2.57. The van der Waals surface area contributed by atoms with Crippen molar-refractivity contribution in [2.75, 3.05) is 0 Å². The molecule has 152 valence electrons. The number of rotatable bonds is 0. The summed E-state index contributed by atoms with van der Waals surface area (Å²) in [5.74, 6) is -20.3. The Kier molecular flexibility index (Phi) is 10.5. The molecular formula is C15H7AlF10S2. The molecule has 0 N–H and O–H groups in total. The Morgan fingerprint density at radius 3 is 0.714 bits per heavy atom. The molecule has 0 spiro atoms. The first-order chi connectivity index (χ1) is 12.7. The van der Waals surface area contributed by atoms with E-state index >= 15 is 0 Å². The minimum atomic E-state index is -2.20. The van der Waals surface area contributed by atoms with Gasteiger partial charge < -0.3 is 25.3 Å². The van der Waals surface area contributed by atoms with Crippen molar-refractivity contribution in [2.24, 2.45) is 0 Å². The minimum Gasteiger partial charge on any atom is -0.774 e. The van der Waals surface area contributed by atoms with E-state index in [9.17, 15) is 43.9 Å². The summed E-state index contributed by atoms with van der Waals surface area (Å²) < 4.78 is 123. The fourth-order valence-corrected chi connectivity index (χ4v) is 1.53. The molecule has 0 atom stereocenters. The van der Waals surface area contributed by atoms with Crippen LogP contribution in [0.5, 0.6) is 0 Å². The van der Waals surface area contributed by atoms with Gasteiger partial charge >= 0.3 is 34.9 Å². The van der Waals surface area contributed by atoms with Crippen LogP contribution in [0.2, 0.25) is 4.78 Å². The van der Waals surface area contributed by atoms with E-state index in [0.717, 1.165) is 4.78 Å². The van der Waals surface area contributed by atoms with Gasteiger partial charge in [0.2, 0.25) is 0 Å². The molecule has 0 aliphatic heterocycles.